The molecule has 0 bridgehead atoms. The van der Waals surface area contributed by atoms with Gasteiger partial charge in [0.05, 0.1) is 39.3 Å². The molecule has 1 amide bonds. The van der Waals surface area contributed by atoms with E-state index in [0.29, 0.717) is 34.9 Å². The zero-order valence-electron chi connectivity index (χ0n) is 20.1. The number of esters is 1. The van der Waals surface area contributed by atoms with Gasteiger partial charge >= 0.3 is 5.97 Å². The Morgan fingerprint density at radius 2 is 1.91 bits per heavy atom. The lowest BCUT2D eigenvalue weighted by Gasteiger charge is -2.28. The summed E-state index contributed by atoms with van der Waals surface area (Å²) >= 11 is 6.22. The minimum atomic E-state index is -0.864. The molecule has 1 saturated heterocycles. The summed E-state index contributed by atoms with van der Waals surface area (Å²) in [6.07, 6.45) is 0. The molecule has 0 aliphatic carbocycles. The van der Waals surface area contributed by atoms with Gasteiger partial charge in [0.25, 0.3) is 5.91 Å². The molecule has 1 aliphatic heterocycles. The number of benzene rings is 1. The van der Waals surface area contributed by atoms with Gasteiger partial charge in [-0.1, -0.05) is 29.5 Å². The summed E-state index contributed by atoms with van der Waals surface area (Å²) < 4.78 is 4.79. The number of ether oxygens (including phenoxy) is 1. The van der Waals surface area contributed by atoms with Crippen LogP contribution in [-0.2, 0) is 14.3 Å². The number of aromatic nitrogens is 1. The van der Waals surface area contributed by atoms with Gasteiger partial charge in [-0.05, 0) is 56.5 Å². The van der Waals surface area contributed by atoms with Gasteiger partial charge in [0, 0.05) is 16.3 Å². The highest BCUT2D eigenvalue weighted by molar-refractivity contribution is 6.46. The lowest BCUT2D eigenvalue weighted by atomic mass is 9.94. The van der Waals surface area contributed by atoms with Crippen molar-refractivity contribution in [2.75, 3.05) is 33.3 Å². The Hall–Kier alpha value is -3.10. The number of aryl methyl sites for hydroxylation is 1. The van der Waals surface area contributed by atoms with Crippen molar-refractivity contribution in [3.05, 3.63) is 62.9 Å². The van der Waals surface area contributed by atoms with Crippen LogP contribution in [0.5, 0.6) is 0 Å². The predicted octanol–water partition coefficient (Wildman–Crippen LogP) is 1.22. The smallest absolute Gasteiger partial charge is 0.354 e. The largest absolute Gasteiger partial charge is 0.872 e. The number of aromatic amines is 1. The normalized spacial score (nSPS) is 17.6. The highest BCUT2D eigenvalue weighted by atomic mass is 35.5. The molecule has 0 saturated carbocycles. The van der Waals surface area contributed by atoms with Gasteiger partial charge in [-0.15, -0.1) is 0 Å². The van der Waals surface area contributed by atoms with Crippen molar-refractivity contribution in [1.29, 1.82) is 0 Å². The summed E-state index contributed by atoms with van der Waals surface area (Å²) in [5.41, 5.74) is 1.58. The average Bonchev–Trinajstić information content (AvgIpc) is 3.26. The van der Waals surface area contributed by atoms with Gasteiger partial charge in [-0.25, -0.2) is 4.79 Å². The van der Waals surface area contributed by atoms with E-state index in [0.717, 1.165) is 13.1 Å². The number of likely N-dealkylation sites (N-methyl/N-ethyl adjacent to an activating group) is 1. The van der Waals surface area contributed by atoms with Crippen LogP contribution in [0.1, 0.15) is 52.8 Å². The first-order valence-corrected chi connectivity index (χ1v) is 11.7. The number of quaternary nitrogens is 1. The molecule has 1 fully saturated rings. The van der Waals surface area contributed by atoms with E-state index < -0.39 is 29.5 Å². The molecule has 9 heteroatoms. The Morgan fingerprint density at radius 1 is 1.24 bits per heavy atom. The van der Waals surface area contributed by atoms with E-state index >= 15 is 0 Å². The summed E-state index contributed by atoms with van der Waals surface area (Å²) in [7, 11) is 1.25. The van der Waals surface area contributed by atoms with Crippen molar-refractivity contribution in [2.45, 2.75) is 33.7 Å². The van der Waals surface area contributed by atoms with Gasteiger partial charge in [0.2, 0.25) is 5.78 Å². The van der Waals surface area contributed by atoms with Gasteiger partial charge in [-0.3, -0.25) is 9.59 Å². The Balaban J connectivity index is 2.19. The second kappa shape index (κ2) is 10.4. The zero-order chi connectivity index (χ0) is 25.2. The van der Waals surface area contributed by atoms with Crippen LogP contribution in [0.3, 0.4) is 0 Å². The fourth-order valence-corrected chi connectivity index (χ4v) is 4.74. The maximum atomic E-state index is 13.8. The number of Topliss-reactive ketones (excluding diaryl/α,β-unsaturated/α-hetero) is 1. The molecule has 1 atom stereocenters. The predicted molar refractivity (Wildman–Crippen MR) is 126 cm³/mol. The number of likely N-dealkylation sites (tertiary alicyclic amines) is 1. The van der Waals surface area contributed by atoms with Crippen LogP contribution in [0.2, 0.25) is 5.02 Å². The van der Waals surface area contributed by atoms with Crippen LogP contribution >= 0.6 is 11.6 Å². The van der Waals surface area contributed by atoms with Gasteiger partial charge in [-0.2, -0.15) is 0 Å². The lowest BCUT2D eigenvalue weighted by Crippen LogP contribution is -3.12. The first kappa shape index (κ1) is 25.5. The molecule has 2 aromatic rings. The Bertz CT molecular complexity index is 1150. The average molecular weight is 488 g/mol. The summed E-state index contributed by atoms with van der Waals surface area (Å²) in [6, 6.07) is 5.97. The van der Waals surface area contributed by atoms with Gasteiger partial charge in [0.15, 0.2) is 0 Å². The Labute approximate surface area is 204 Å². The number of rotatable bonds is 8. The molecule has 1 unspecified atom stereocenters. The van der Waals surface area contributed by atoms with E-state index in [1.165, 1.54) is 16.9 Å². The third kappa shape index (κ3) is 4.60. The van der Waals surface area contributed by atoms with Crippen molar-refractivity contribution in [1.82, 2.24) is 9.88 Å². The number of carbonyl (C=O) groups excluding carboxylic acids is 3. The summed E-state index contributed by atoms with van der Waals surface area (Å²) in [4.78, 5) is 44.1. The zero-order valence-corrected chi connectivity index (χ0v) is 20.8. The van der Waals surface area contributed by atoms with Crippen molar-refractivity contribution in [2.24, 2.45) is 0 Å². The van der Waals surface area contributed by atoms with Crippen molar-refractivity contribution < 1.29 is 29.1 Å². The molecule has 2 heterocycles. The quantitative estimate of drug-likeness (QED) is 0.252. The van der Waals surface area contributed by atoms with E-state index in [2.05, 4.69) is 18.8 Å². The van der Waals surface area contributed by atoms with Crippen LogP contribution in [0.15, 0.2) is 29.8 Å². The van der Waals surface area contributed by atoms with Crippen LogP contribution in [-0.4, -0.2) is 60.8 Å². The maximum Gasteiger partial charge on any atom is 0.354 e. The number of carbonyl (C=O) groups is 3. The summed E-state index contributed by atoms with van der Waals surface area (Å²) in [6.45, 7) is 10.1. The third-order valence-electron chi connectivity index (χ3n) is 6.45. The summed E-state index contributed by atoms with van der Waals surface area (Å²) in [5.74, 6) is -2.74. The van der Waals surface area contributed by atoms with Crippen LogP contribution in [0.4, 0.5) is 0 Å². The first-order chi connectivity index (χ1) is 16.2. The molecule has 2 N–H and O–H groups in total. The van der Waals surface area contributed by atoms with E-state index in [1.807, 2.05) is 0 Å². The van der Waals surface area contributed by atoms with Crippen LogP contribution in [0, 0.1) is 13.8 Å². The SMILES string of the molecule is CC[NH+](CC)CCN1C(=O)C(=O)/C(=C(/[O-])c2c(C)[nH]c(C(=O)OC)c2C)C1c1cccc(Cl)c1. The number of nitrogens with zero attached hydrogens (tertiary/aromatic N) is 1. The fourth-order valence-electron chi connectivity index (χ4n) is 4.54. The Morgan fingerprint density at radius 3 is 2.50 bits per heavy atom. The minimum Gasteiger partial charge on any atom is -0.872 e. The maximum absolute atomic E-state index is 13.8. The number of nitrogens with one attached hydrogen (secondary N) is 2. The van der Waals surface area contributed by atoms with E-state index in [1.54, 1.807) is 38.1 Å². The van der Waals surface area contributed by atoms with E-state index in [-0.39, 0.29) is 16.8 Å². The number of amides is 1. The molecular weight excluding hydrogens is 458 g/mol. The number of H-pyrrole nitrogens is 1. The number of methoxy groups -OCH3 is 1. The molecule has 182 valence electrons. The molecule has 34 heavy (non-hydrogen) atoms. The first-order valence-electron chi connectivity index (χ1n) is 11.3. The topological polar surface area (TPSA) is 107 Å². The molecule has 0 radical (unpaired) electrons. The lowest BCUT2D eigenvalue weighted by molar-refractivity contribution is -0.895. The molecule has 3 rings (SSSR count). The third-order valence-corrected chi connectivity index (χ3v) is 6.69. The standard InChI is InChI=1S/C25H30ClN3O5/c1-6-28(7-2)11-12-29-21(16-9-8-10-17(26)13-16)19(23(31)24(29)32)22(30)18-14(3)20(25(33)34-5)27-15(18)4/h8-10,13,21,27,30H,6-7,11-12H2,1-5H3/b22-19+. The van der Waals surface area contributed by atoms with Gasteiger partial charge in [0.1, 0.15) is 5.69 Å². The van der Waals surface area contributed by atoms with E-state index in [4.69, 9.17) is 16.3 Å². The van der Waals surface area contributed by atoms with Crippen molar-refractivity contribution in [3.63, 3.8) is 0 Å². The summed E-state index contributed by atoms with van der Waals surface area (Å²) in [5, 5.41) is 14.2. The number of hydrogen-bond acceptors (Lipinski definition) is 5. The molecule has 1 aromatic carbocycles. The molecule has 1 aromatic heterocycles. The molecule has 0 spiro atoms. The van der Waals surface area contributed by atoms with E-state index in [9.17, 15) is 19.5 Å². The highest BCUT2D eigenvalue weighted by Gasteiger charge is 2.44. The van der Waals surface area contributed by atoms with Crippen LogP contribution < -0.4 is 10.0 Å². The Kier molecular flexibility index (Phi) is 7.84. The molecule has 1 aliphatic rings. The highest BCUT2D eigenvalue weighted by Crippen LogP contribution is 2.40. The van der Waals surface area contributed by atoms with Crippen molar-refractivity contribution >= 4 is 35.0 Å². The minimum absolute atomic E-state index is 0.136. The monoisotopic (exact) mass is 487 g/mol. The molecule has 8 nitrogen and oxygen atoms in total. The molecular formula is C25H30ClN3O5. The van der Waals surface area contributed by atoms with Crippen LogP contribution in [0.25, 0.3) is 5.76 Å². The number of hydrogen-bond donors (Lipinski definition) is 2. The second-order valence-corrected chi connectivity index (χ2v) is 8.79. The number of ketones is 1. The second-order valence-electron chi connectivity index (χ2n) is 8.35. The van der Waals surface area contributed by atoms with Crippen molar-refractivity contribution in [3.8, 4) is 0 Å². The number of halogens is 1. The van der Waals surface area contributed by atoms with Gasteiger partial charge < -0.3 is 24.6 Å². The fraction of sp³-hybridized carbons (Fsp3) is 0.400.